The van der Waals surface area contributed by atoms with Crippen LogP contribution in [0.3, 0.4) is 0 Å². The maximum atomic E-state index is 12.4. The van der Waals surface area contributed by atoms with Gasteiger partial charge in [0.1, 0.15) is 42.3 Å². The quantitative estimate of drug-likeness (QED) is 0.256. The van der Waals surface area contributed by atoms with Crippen molar-refractivity contribution in [2.75, 3.05) is 12.3 Å². The number of nitrogen functional groups attached to an aromatic ring is 1. The smallest absolute Gasteiger partial charge is 0.330 e. The summed E-state index contributed by atoms with van der Waals surface area (Å²) in [6.45, 7) is 3.61. The summed E-state index contributed by atoms with van der Waals surface area (Å²) in [5, 5.41) is 8.90. The Kier molecular flexibility index (Phi) is 7.00. The van der Waals surface area contributed by atoms with Crippen molar-refractivity contribution in [3.63, 3.8) is 0 Å². The summed E-state index contributed by atoms with van der Waals surface area (Å²) in [6, 6.07) is -1.05. The molecule has 14 nitrogen and oxygen atoms in total. The predicted octanol–water partition coefficient (Wildman–Crippen LogP) is -0.555. The monoisotopic (exact) mass is 491 g/mol. The van der Waals surface area contributed by atoms with Crippen molar-refractivity contribution in [3.05, 3.63) is 24.8 Å². The lowest BCUT2D eigenvalue weighted by molar-refractivity contribution is -0.191. The minimum atomic E-state index is -1.13. The summed E-state index contributed by atoms with van der Waals surface area (Å²) in [7, 11) is 0. The van der Waals surface area contributed by atoms with Crippen LogP contribution in [0.1, 0.15) is 32.9 Å². The van der Waals surface area contributed by atoms with Crippen LogP contribution in [0.15, 0.2) is 24.8 Å². The summed E-state index contributed by atoms with van der Waals surface area (Å²) in [5.74, 6) is -2.41. The highest BCUT2D eigenvalue weighted by molar-refractivity contribution is 5.82. The third-order valence-corrected chi connectivity index (χ3v) is 5.81. The van der Waals surface area contributed by atoms with Crippen molar-refractivity contribution < 1.29 is 33.6 Å². The van der Waals surface area contributed by atoms with E-state index >= 15 is 0 Å². The van der Waals surface area contributed by atoms with Crippen molar-refractivity contribution in [1.29, 1.82) is 0 Å². The van der Waals surface area contributed by atoms with Gasteiger partial charge in [-0.25, -0.2) is 19.7 Å². The number of rotatable bonds is 9. The first kappa shape index (κ1) is 24.9. The van der Waals surface area contributed by atoms with E-state index in [2.05, 4.69) is 15.0 Å². The maximum Gasteiger partial charge on any atom is 0.330 e. The van der Waals surface area contributed by atoms with Gasteiger partial charge in [-0.1, -0.05) is 0 Å². The number of nitrogens with two attached hydrogens (primary N) is 3. The standard InChI is InChI=1S/C21H29N7O7/c1-21(2)34-15-12(5-6-13(29)32-10(7-22)3-4-11(23)20(30)31)33-19(16(15)35-21)28-9-27-14-17(24)25-8-26-18(14)28/h5-6,8-12,15-16,19H,3-4,7,22-23H2,1-2H3,(H,30,31)(H2,24,25,26)/b6-5+. The number of carbonyl (C=O) groups is 2. The molecule has 2 saturated heterocycles. The lowest BCUT2D eigenvalue weighted by Crippen LogP contribution is -2.33. The Bertz CT molecular complexity index is 1120. The number of carbonyl (C=O) groups excluding carboxylic acids is 1. The van der Waals surface area contributed by atoms with Crippen LogP contribution in [0, 0.1) is 0 Å². The summed E-state index contributed by atoms with van der Waals surface area (Å²) in [5.41, 5.74) is 18.0. The molecule has 4 rings (SSSR count). The second kappa shape index (κ2) is 9.83. The first-order chi connectivity index (χ1) is 16.6. The Labute approximate surface area is 200 Å². The topological polar surface area (TPSA) is 213 Å². The maximum absolute atomic E-state index is 12.4. The van der Waals surface area contributed by atoms with Gasteiger partial charge in [-0.3, -0.25) is 9.36 Å². The summed E-state index contributed by atoms with van der Waals surface area (Å²) in [4.78, 5) is 35.8. The summed E-state index contributed by atoms with van der Waals surface area (Å²) < 4.78 is 25.3. The van der Waals surface area contributed by atoms with Crippen LogP contribution < -0.4 is 17.2 Å². The Balaban J connectivity index is 1.47. The molecule has 2 aromatic rings. The number of hydrogen-bond donors (Lipinski definition) is 4. The number of esters is 1. The molecule has 6 atom stereocenters. The minimum absolute atomic E-state index is 0.0302. The second-order valence-electron chi connectivity index (χ2n) is 8.81. The molecular formula is C21H29N7O7. The highest BCUT2D eigenvalue weighted by Gasteiger charge is 2.55. The van der Waals surface area contributed by atoms with Gasteiger partial charge in [0.15, 0.2) is 23.5 Å². The van der Waals surface area contributed by atoms with Crippen LogP contribution in [0.4, 0.5) is 5.82 Å². The van der Waals surface area contributed by atoms with Crippen molar-refractivity contribution in [3.8, 4) is 0 Å². The molecule has 0 aromatic carbocycles. The lowest BCUT2D eigenvalue weighted by atomic mass is 10.1. The van der Waals surface area contributed by atoms with Gasteiger partial charge < -0.3 is 41.3 Å². The Hall–Kier alpha value is -3.17. The van der Waals surface area contributed by atoms with Gasteiger partial charge in [0.05, 0.1) is 6.33 Å². The Morgan fingerprint density at radius 3 is 2.71 bits per heavy atom. The zero-order chi connectivity index (χ0) is 25.3. The Morgan fingerprint density at radius 2 is 2.00 bits per heavy atom. The molecule has 190 valence electrons. The molecule has 35 heavy (non-hydrogen) atoms. The van der Waals surface area contributed by atoms with E-state index < -0.39 is 54.4 Å². The molecular weight excluding hydrogens is 462 g/mol. The van der Waals surface area contributed by atoms with Crippen LogP contribution in [0.25, 0.3) is 11.2 Å². The molecule has 0 amide bonds. The Morgan fingerprint density at radius 1 is 1.26 bits per heavy atom. The van der Waals surface area contributed by atoms with E-state index in [4.69, 9.17) is 41.3 Å². The molecule has 0 aliphatic carbocycles. The van der Waals surface area contributed by atoms with Crippen molar-refractivity contribution in [2.24, 2.45) is 11.5 Å². The highest BCUT2D eigenvalue weighted by atomic mass is 16.8. The molecule has 0 bridgehead atoms. The molecule has 0 spiro atoms. The predicted molar refractivity (Wildman–Crippen MR) is 120 cm³/mol. The number of anilines is 1. The van der Waals surface area contributed by atoms with E-state index in [0.29, 0.717) is 11.2 Å². The van der Waals surface area contributed by atoms with Crippen molar-refractivity contribution in [2.45, 2.75) is 69.2 Å². The molecule has 2 aromatic heterocycles. The number of aromatic nitrogens is 4. The second-order valence-corrected chi connectivity index (χ2v) is 8.81. The number of fused-ring (bicyclic) bond motifs is 2. The SMILES string of the molecule is CC1(C)OC2C(/C=C/C(=O)OC(CN)CCC(N)C(=O)O)OC(n3cnc4c(N)ncnc43)C2O1. The number of carboxylic acid groups (broad SMARTS) is 1. The van der Waals surface area contributed by atoms with E-state index in [9.17, 15) is 9.59 Å². The normalized spacial score (nSPS) is 27.2. The fraction of sp³-hybridized carbons (Fsp3) is 0.571. The van der Waals surface area contributed by atoms with Gasteiger partial charge in [0, 0.05) is 12.6 Å². The third kappa shape index (κ3) is 5.26. The molecule has 2 aliphatic rings. The van der Waals surface area contributed by atoms with Crippen LogP contribution in [-0.2, 0) is 28.5 Å². The van der Waals surface area contributed by atoms with Gasteiger partial charge in [-0.2, -0.15) is 0 Å². The first-order valence-corrected chi connectivity index (χ1v) is 11.1. The molecule has 4 heterocycles. The average molecular weight is 492 g/mol. The van der Waals surface area contributed by atoms with Crippen LogP contribution in [0.2, 0.25) is 0 Å². The van der Waals surface area contributed by atoms with E-state index in [1.54, 1.807) is 24.7 Å². The molecule has 7 N–H and O–H groups in total. The number of aliphatic carboxylic acids is 1. The molecule has 14 heteroatoms. The largest absolute Gasteiger partial charge is 0.480 e. The molecule has 6 unspecified atom stereocenters. The van der Waals surface area contributed by atoms with Crippen LogP contribution in [-0.4, -0.2) is 79.4 Å². The van der Waals surface area contributed by atoms with Gasteiger partial charge >= 0.3 is 11.9 Å². The summed E-state index contributed by atoms with van der Waals surface area (Å²) >= 11 is 0. The van der Waals surface area contributed by atoms with Gasteiger partial charge in [0.25, 0.3) is 0 Å². The van der Waals surface area contributed by atoms with Crippen LogP contribution in [0.5, 0.6) is 0 Å². The fourth-order valence-electron chi connectivity index (χ4n) is 4.13. The first-order valence-electron chi connectivity index (χ1n) is 11.1. The molecule has 2 aliphatic heterocycles. The minimum Gasteiger partial charge on any atom is -0.480 e. The van der Waals surface area contributed by atoms with E-state index in [-0.39, 0.29) is 25.2 Å². The third-order valence-electron chi connectivity index (χ3n) is 5.81. The molecule has 2 fully saturated rings. The van der Waals surface area contributed by atoms with Crippen LogP contribution >= 0.6 is 0 Å². The fourth-order valence-corrected chi connectivity index (χ4v) is 4.13. The zero-order valence-corrected chi connectivity index (χ0v) is 19.3. The number of nitrogens with zero attached hydrogens (tertiary/aromatic N) is 4. The van der Waals surface area contributed by atoms with Gasteiger partial charge in [-0.15, -0.1) is 0 Å². The number of imidazole rings is 1. The van der Waals surface area contributed by atoms with Gasteiger partial charge in [0.2, 0.25) is 0 Å². The summed E-state index contributed by atoms with van der Waals surface area (Å²) in [6.07, 6.45) is 2.98. The molecule has 0 radical (unpaired) electrons. The number of hydrogen-bond acceptors (Lipinski definition) is 12. The van der Waals surface area contributed by atoms with Crippen molar-refractivity contribution in [1.82, 2.24) is 19.5 Å². The van der Waals surface area contributed by atoms with E-state index in [0.717, 1.165) is 0 Å². The van der Waals surface area contributed by atoms with E-state index in [1.807, 2.05) is 0 Å². The average Bonchev–Trinajstić information content (AvgIpc) is 3.46. The van der Waals surface area contributed by atoms with E-state index in [1.165, 1.54) is 18.5 Å². The van der Waals surface area contributed by atoms with Crippen molar-refractivity contribution >= 4 is 28.9 Å². The number of carboxylic acids is 1. The number of ether oxygens (including phenoxy) is 4. The highest BCUT2D eigenvalue weighted by Crippen LogP contribution is 2.44. The zero-order valence-electron chi connectivity index (χ0n) is 19.3. The lowest BCUT2D eigenvalue weighted by Gasteiger charge is -2.24. The molecule has 0 saturated carbocycles. The van der Waals surface area contributed by atoms with Gasteiger partial charge in [-0.05, 0) is 32.8 Å².